The molecule has 0 aromatic heterocycles. The van der Waals surface area contributed by atoms with E-state index in [1.54, 1.807) is 0 Å². The van der Waals surface area contributed by atoms with E-state index < -0.39 is 19.3 Å². The minimum absolute atomic E-state index is 0.733. The molecule has 3 heteroatoms. The molecule has 0 aliphatic heterocycles. The maximum absolute atomic E-state index is 8.30. The smallest absolute Gasteiger partial charge is 0.100 e. The van der Waals surface area contributed by atoms with Crippen molar-refractivity contribution in [3.8, 4) is 0 Å². The van der Waals surface area contributed by atoms with Gasteiger partial charge in [0.15, 0.2) is 0 Å². The lowest BCUT2D eigenvalue weighted by Crippen LogP contribution is -2.15. The molecule has 0 radical (unpaired) electrons. The third-order valence-electron chi connectivity index (χ3n) is 0.365. The fourth-order valence-corrected chi connectivity index (χ4v) is 0.0500. The number of aliphatic hydroxyl groups is 3. The van der Waals surface area contributed by atoms with Crippen molar-refractivity contribution in [3.63, 3.8) is 0 Å². The minimum atomic E-state index is -2.06. The number of aliphatic hydroxyl groups excluding tert-OH is 2. The van der Waals surface area contributed by atoms with Crippen molar-refractivity contribution in [1.29, 1.82) is 0 Å². The Morgan fingerprint density at radius 2 is 2.00 bits per heavy atom. The Morgan fingerprint density at radius 3 is 2.00 bits per heavy atom. The van der Waals surface area contributed by atoms with Gasteiger partial charge < -0.3 is 15.3 Å². The van der Waals surface area contributed by atoms with Gasteiger partial charge in [0.1, 0.15) is 6.08 Å². The summed E-state index contributed by atoms with van der Waals surface area (Å²) in [6.45, 7) is -1.47. The third-order valence-corrected chi connectivity index (χ3v) is 0.365. The Morgan fingerprint density at radius 1 is 1.67 bits per heavy atom. The Hall–Kier alpha value is -0.120. The van der Waals surface area contributed by atoms with Crippen LogP contribution in [-0.4, -0.2) is 34.6 Å². The Balaban J connectivity index is 3.36. The summed E-state index contributed by atoms with van der Waals surface area (Å²) >= 11 is 0. The van der Waals surface area contributed by atoms with Crippen LogP contribution < -0.4 is 0 Å². The van der Waals surface area contributed by atoms with Crippen LogP contribution in [0.5, 0.6) is 0 Å². The molecule has 0 saturated carbocycles. The van der Waals surface area contributed by atoms with Crippen molar-refractivity contribution < 1.29 is 16.7 Å². The van der Waals surface area contributed by atoms with Crippen LogP contribution in [0.15, 0.2) is 0 Å². The zero-order valence-corrected chi connectivity index (χ0v) is 3.26. The van der Waals surface area contributed by atoms with Crippen LogP contribution in [0.3, 0.4) is 0 Å². The predicted octanol–water partition coefficient (Wildman–Crippen LogP) is -1.67. The van der Waals surface area contributed by atoms with E-state index >= 15 is 0 Å². The van der Waals surface area contributed by atoms with Gasteiger partial charge in [0.05, 0.1) is 14.6 Å². The van der Waals surface area contributed by atoms with E-state index in [2.05, 4.69) is 0 Å². The molecule has 0 bridgehead atoms. The van der Waals surface area contributed by atoms with Gasteiger partial charge in [0.2, 0.25) is 0 Å². The highest BCUT2D eigenvalue weighted by atomic mass is 18.2. The summed E-state index contributed by atoms with van der Waals surface area (Å²) < 4.78 is 6.48. The monoisotopic (exact) mass is 95.1 g/mol. The molecule has 0 aliphatic carbocycles. The van der Waals surface area contributed by atoms with E-state index in [1.165, 1.54) is 0 Å². The number of hydrogen-bond acceptors (Lipinski definition) is 3. The molecule has 0 saturated heterocycles. The van der Waals surface area contributed by atoms with Crippen LogP contribution in [0, 0.1) is 0 Å². The average Bonchev–Trinajstić information content (AvgIpc) is 1.68. The van der Waals surface area contributed by atoms with Crippen molar-refractivity contribution in [3.05, 3.63) is 0 Å². The molecule has 0 fully saturated rings. The van der Waals surface area contributed by atoms with Gasteiger partial charge in [-0.2, -0.15) is 0 Å². The van der Waals surface area contributed by atoms with Gasteiger partial charge in [-0.3, -0.25) is 0 Å². The van der Waals surface area contributed by atoms with Crippen LogP contribution in [-0.2, 0) is 0 Å². The Labute approximate surface area is 37.3 Å². The standard InChI is InChI=1S/C3H8O3/c4-1-3(6)2-5/h3-6H,1-2H2/i3D,6+2. The lowest BCUT2D eigenvalue weighted by atomic mass is 10.4. The van der Waals surface area contributed by atoms with Gasteiger partial charge in [-0.1, -0.05) is 0 Å². The maximum atomic E-state index is 8.30. The molecule has 3 nitrogen and oxygen atoms in total. The van der Waals surface area contributed by atoms with Crippen LogP contribution in [0.2, 0.25) is 0 Å². The largest absolute Gasteiger partial charge is 0.394 e. The second-order valence-electron chi connectivity index (χ2n) is 0.882. The van der Waals surface area contributed by atoms with Gasteiger partial charge in [0.25, 0.3) is 0 Å². The van der Waals surface area contributed by atoms with Gasteiger partial charge in [0, 0.05) is 0 Å². The van der Waals surface area contributed by atoms with E-state index in [0.717, 1.165) is 0 Å². The van der Waals surface area contributed by atoms with Gasteiger partial charge >= 0.3 is 0 Å². The van der Waals surface area contributed by atoms with Crippen molar-refractivity contribution in [1.82, 2.24) is 0 Å². The van der Waals surface area contributed by atoms with E-state index in [1.807, 2.05) is 0 Å². The molecule has 0 heterocycles. The van der Waals surface area contributed by atoms with Crippen LogP contribution in [0.25, 0.3) is 0 Å². The first-order valence-corrected chi connectivity index (χ1v) is 1.56. The number of rotatable bonds is 2. The van der Waals surface area contributed by atoms with Gasteiger partial charge in [-0.15, -0.1) is 0 Å². The lowest BCUT2D eigenvalue weighted by Gasteiger charge is -1.96. The fraction of sp³-hybridized carbons (Fsp3) is 1.00. The molecule has 38 valence electrons. The SMILES string of the molecule is [2H]C([18OH])(CO)CO. The molecule has 6 heavy (non-hydrogen) atoms. The Bertz CT molecular complexity index is 48.1. The molecule has 0 aliphatic rings. The quantitative estimate of drug-likeness (QED) is 0.359. The average molecular weight is 95.1 g/mol. The summed E-state index contributed by atoms with van der Waals surface area (Å²) in [7, 11) is 0. The van der Waals surface area contributed by atoms with E-state index in [-0.39, 0.29) is 0 Å². The second-order valence-corrected chi connectivity index (χ2v) is 0.882. The summed E-state index contributed by atoms with van der Waals surface area (Å²) in [5.74, 6) is 0. The highest BCUT2D eigenvalue weighted by Gasteiger charge is 1.93. The predicted molar refractivity (Wildman–Crippen MR) is 20.2 cm³/mol. The van der Waals surface area contributed by atoms with Crippen molar-refractivity contribution >= 4 is 0 Å². The zero-order chi connectivity index (χ0) is 5.91. The molecule has 0 rings (SSSR count). The summed E-state index contributed by atoms with van der Waals surface area (Å²) in [6.07, 6.45) is -2.06. The molecule has 0 spiro atoms. The first kappa shape index (κ1) is 4.05. The van der Waals surface area contributed by atoms with E-state index in [0.29, 0.717) is 0 Å². The molecule has 0 amide bonds. The molecule has 0 unspecified atom stereocenters. The first-order chi connectivity index (χ1) is 3.12. The summed E-state index contributed by atoms with van der Waals surface area (Å²) in [5.41, 5.74) is 0. The molecular weight excluding hydrogens is 86.0 g/mol. The fourth-order valence-electron chi connectivity index (χ4n) is 0.0500. The van der Waals surface area contributed by atoms with Crippen LogP contribution >= 0.6 is 0 Å². The Kier molecular flexibility index (Phi) is 2.08. The maximum Gasteiger partial charge on any atom is 0.100 e. The topological polar surface area (TPSA) is 60.7 Å². The molecule has 0 atom stereocenters. The first-order valence-electron chi connectivity index (χ1n) is 2.06. The summed E-state index contributed by atoms with van der Waals surface area (Å²) in [5, 5.41) is 24.3. The zero-order valence-electron chi connectivity index (χ0n) is 4.26. The van der Waals surface area contributed by atoms with Crippen LogP contribution in [0.4, 0.5) is 0 Å². The highest BCUT2D eigenvalue weighted by Crippen LogP contribution is 1.71. The third kappa shape index (κ3) is 2.14. The highest BCUT2D eigenvalue weighted by molar-refractivity contribution is 4.43. The van der Waals surface area contributed by atoms with E-state index in [9.17, 15) is 0 Å². The van der Waals surface area contributed by atoms with Gasteiger partial charge in [-0.05, 0) is 0 Å². The van der Waals surface area contributed by atoms with Crippen LogP contribution in [0.1, 0.15) is 1.37 Å². The second kappa shape index (κ2) is 3.08. The van der Waals surface area contributed by atoms with E-state index in [4.69, 9.17) is 16.7 Å². The lowest BCUT2D eigenvalue weighted by molar-refractivity contribution is 0.0450. The van der Waals surface area contributed by atoms with Crippen molar-refractivity contribution in [2.24, 2.45) is 0 Å². The van der Waals surface area contributed by atoms with Crippen molar-refractivity contribution in [2.45, 2.75) is 6.08 Å². The summed E-state index contributed by atoms with van der Waals surface area (Å²) in [6, 6.07) is 0. The molecule has 3 N–H and O–H groups in total. The number of hydrogen-bond donors (Lipinski definition) is 3. The molecular formula is C3H8O3. The minimum Gasteiger partial charge on any atom is -0.394 e. The van der Waals surface area contributed by atoms with Crippen molar-refractivity contribution in [2.75, 3.05) is 13.2 Å². The summed E-state index contributed by atoms with van der Waals surface area (Å²) in [4.78, 5) is 0. The van der Waals surface area contributed by atoms with Gasteiger partial charge in [-0.25, -0.2) is 0 Å². The normalized spacial score (nSPS) is 14.2. The molecule has 0 aromatic carbocycles. The molecule has 0 aromatic rings.